The van der Waals surface area contributed by atoms with Crippen molar-refractivity contribution in [2.24, 2.45) is 0 Å². The Labute approximate surface area is 320 Å². The summed E-state index contributed by atoms with van der Waals surface area (Å²) < 4.78 is 13.2. The van der Waals surface area contributed by atoms with Gasteiger partial charge in [-0.3, -0.25) is 0 Å². The largest absolute Gasteiger partial charge is 0.456 e. The highest BCUT2D eigenvalue weighted by Crippen LogP contribution is 2.43. The maximum Gasteiger partial charge on any atom is 0.182 e. The Kier molecular flexibility index (Phi) is 6.53. The Bertz CT molecular complexity index is 3480. The molecule has 4 heterocycles. The van der Waals surface area contributed by atoms with Crippen molar-refractivity contribution in [1.29, 1.82) is 0 Å². The van der Waals surface area contributed by atoms with Crippen molar-refractivity contribution in [3.05, 3.63) is 188 Å². The van der Waals surface area contributed by atoms with Gasteiger partial charge in [-0.2, -0.15) is 0 Å². The van der Waals surface area contributed by atoms with Crippen LogP contribution in [0.2, 0.25) is 0 Å². The average molecular weight is 718 g/mol. The molecular weight excluding hydrogens is 687 g/mol. The van der Waals surface area contributed by atoms with Gasteiger partial charge in [0.05, 0.1) is 39.1 Å². The summed E-state index contributed by atoms with van der Waals surface area (Å²) in [4.78, 5) is 5.08. The van der Waals surface area contributed by atoms with Gasteiger partial charge in [-0.1, -0.05) is 127 Å². The van der Waals surface area contributed by atoms with E-state index in [-0.39, 0.29) is 0 Å². The van der Waals surface area contributed by atoms with Crippen molar-refractivity contribution in [1.82, 2.24) is 23.9 Å². The van der Waals surface area contributed by atoms with Gasteiger partial charge in [-0.25, -0.2) is 9.67 Å². The van der Waals surface area contributed by atoms with Gasteiger partial charge in [0.1, 0.15) is 11.2 Å². The van der Waals surface area contributed by atoms with E-state index in [4.69, 9.17) is 14.5 Å². The van der Waals surface area contributed by atoms with Crippen molar-refractivity contribution < 1.29 is 4.42 Å². The molecule has 0 amide bonds. The third-order valence-corrected chi connectivity index (χ3v) is 11.1. The van der Waals surface area contributed by atoms with Crippen LogP contribution in [0, 0.1) is 0 Å². The van der Waals surface area contributed by atoms with Gasteiger partial charge in [0.15, 0.2) is 11.6 Å². The molecule has 0 saturated carbocycles. The van der Waals surface area contributed by atoms with Gasteiger partial charge in [0, 0.05) is 43.4 Å². The molecule has 262 valence electrons. The molecule has 12 rings (SSSR count). The fraction of sp³-hybridized carbons (Fsp3) is 0. The SMILES string of the molecule is c1ccc(-c2nc(-c3ccccc3)n(-c3ccc4c(c3)c3ccccc3n4-c3ccccc3-n3c4ccccc4c4c5c(ccc43)oc3ccccc35)n2)cc1. The lowest BCUT2D eigenvalue weighted by Crippen LogP contribution is -2.03. The standard InChI is InChI=1S/C50H31N5O/c1-3-15-32(16-4-1)49-51-50(33-17-5-2-6-18-33)55(52-49)34-27-28-41-38(31-34)35-19-7-10-22-39(35)53(41)42-24-12-13-25-43(42)54-40-23-11-8-20-36(40)47-44(54)29-30-46-48(47)37-21-9-14-26-45(37)56-46/h1-31H. The first-order chi connectivity index (χ1) is 27.8. The van der Waals surface area contributed by atoms with Crippen LogP contribution in [0.1, 0.15) is 0 Å². The van der Waals surface area contributed by atoms with Gasteiger partial charge in [-0.05, 0) is 60.7 Å². The van der Waals surface area contributed by atoms with Crippen molar-refractivity contribution in [3.63, 3.8) is 0 Å². The molecule has 0 unspecified atom stereocenters. The fourth-order valence-electron chi connectivity index (χ4n) is 8.70. The van der Waals surface area contributed by atoms with Crippen LogP contribution in [-0.4, -0.2) is 23.9 Å². The molecule has 4 aromatic heterocycles. The highest BCUT2D eigenvalue weighted by molar-refractivity contribution is 6.27. The Balaban J connectivity index is 1.11. The van der Waals surface area contributed by atoms with Gasteiger partial charge >= 0.3 is 0 Å². The van der Waals surface area contributed by atoms with E-state index in [1.807, 2.05) is 47.1 Å². The molecule has 8 aromatic carbocycles. The predicted octanol–water partition coefficient (Wildman–Crippen LogP) is 12.7. The Morgan fingerprint density at radius 1 is 0.393 bits per heavy atom. The molecule has 0 radical (unpaired) electrons. The summed E-state index contributed by atoms with van der Waals surface area (Å²) in [7, 11) is 0. The second-order valence-electron chi connectivity index (χ2n) is 14.2. The third kappa shape index (κ3) is 4.44. The highest BCUT2D eigenvalue weighted by Gasteiger charge is 2.23. The summed E-state index contributed by atoms with van der Waals surface area (Å²) in [5, 5.41) is 12.1. The molecule has 0 N–H and O–H groups in total. The van der Waals surface area contributed by atoms with Gasteiger partial charge in [-0.15, -0.1) is 5.10 Å². The van der Waals surface area contributed by atoms with E-state index in [1.54, 1.807) is 0 Å². The number of hydrogen-bond acceptors (Lipinski definition) is 3. The monoisotopic (exact) mass is 717 g/mol. The zero-order chi connectivity index (χ0) is 36.7. The number of hydrogen-bond donors (Lipinski definition) is 0. The van der Waals surface area contributed by atoms with Crippen molar-refractivity contribution in [2.45, 2.75) is 0 Å². The van der Waals surface area contributed by atoms with Crippen LogP contribution in [0.15, 0.2) is 192 Å². The van der Waals surface area contributed by atoms with E-state index < -0.39 is 0 Å². The van der Waals surface area contributed by atoms with E-state index in [9.17, 15) is 0 Å². The zero-order valence-electron chi connectivity index (χ0n) is 30.0. The molecule has 0 aliphatic rings. The number of benzene rings is 8. The summed E-state index contributed by atoms with van der Waals surface area (Å²) in [6, 6.07) is 65.9. The van der Waals surface area contributed by atoms with Crippen molar-refractivity contribution in [3.8, 4) is 39.8 Å². The van der Waals surface area contributed by atoms with Crippen LogP contribution < -0.4 is 0 Å². The Morgan fingerprint density at radius 3 is 1.73 bits per heavy atom. The molecule has 0 spiro atoms. The van der Waals surface area contributed by atoms with Crippen LogP contribution in [0.3, 0.4) is 0 Å². The summed E-state index contributed by atoms with van der Waals surface area (Å²) in [6.45, 7) is 0. The first-order valence-electron chi connectivity index (χ1n) is 18.8. The van der Waals surface area contributed by atoms with Crippen LogP contribution in [0.4, 0.5) is 0 Å². The average Bonchev–Trinajstić information content (AvgIpc) is 4.04. The van der Waals surface area contributed by atoms with E-state index in [2.05, 4.69) is 155 Å². The van der Waals surface area contributed by atoms with Crippen molar-refractivity contribution >= 4 is 65.6 Å². The van der Waals surface area contributed by atoms with Crippen LogP contribution in [0.5, 0.6) is 0 Å². The van der Waals surface area contributed by atoms with Crippen LogP contribution in [0.25, 0.3) is 105 Å². The minimum atomic E-state index is 0.688. The second kappa shape index (κ2) is 11.9. The molecule has 0 saturated heterocycles. The number of rotatable bonds is 5. The number of nitrogens with zero attached hydrogens (tertiary/aromatic N) is 5. The topological polar surface area (TPSA) is 53.7 Å². The first-order valence-corrected chi connectivity index (χ1v) is 18.8. The summed E-state index contributed by atoms with van der Waals surface area (Å²) in [5.74, 6) is 1.48. The number of para-hydroxylation sites is 5. The summed E-state index contributed by atoms with van der Waals surface area (Å²) in [5.41, 5.74) is 11.4. The number of furan rings is 1. The van der Waals surface area contributed by atoms with E-state index in [1.165, 1.54) is 10.8 Å². The fourth-order valence-corrected chi connectivity index (χ4v) is 8.70. The normalized spacial score (nSPS) is 11.9. The van der Waals surface area contributed by atoms with E-state index in [0.717, 1.165) is 88.8 Å². The zero-order valence-corrected chi connectivity index (χ0v) is 30.0. The number of fused-ring (bicyclic) bond motifs is 10. The molecule has 0 bridgehead atoms. The quantitative estimate of drug-likeness (QED) is 0.178. The lowest BCUT2D eigenvalue weighted by molar-refractivity contribution is 0.669. The first kappa shape index (κ1) is 30.7. The number of aromatic nitrogens is 5. The van der Waals surface area contributed by atoms with Gasteiger partial charge in [0.25, 0.3) is 0 Å². The maximum absolute atomic E-state index is 6.38. The van der Waals surface area contributed by atoms with E-state index in [0.29, 0.717) is 5.82 Å². The highest BCUT2D eigenvalue weighted by atomic mass is 16.3. The predicted molar refractivity (Wildman–Crippen MR) is 228 cm³/mol. The molecule has 6 nitrogen and oxygen atoms in total. The summed E-state index contributed by atoms with van der Waals surface area (Å²) in [6.07, 6.45) is 0. The lowest BCUT2D eigenvalue weighted by Gasteiger charge is -2.16. The second-order valence-corrected chi connectivity index (χ2v) is 14.2. The maximum atomic E-state index is 6.38. The van der Waals surface area contributed by atoms with Crippen LogP contribution in [-0.2, 0) is 0 Å². The molecule has 0 fully saturated rings. The van der Waals surface area contributed by atoms with Crippen LogP contribution >= 0.6 is 0 Å². The molecule has 0 atom stereocenters. The van der Waals surface area contributed by atoms with Gasteiger partial charge in [0.2, 0.25) is 0 Å². The van der Waals surface area contributed by atoms with E-state index >= 15 is 0 Å². The molecule has 0 aliphatic heterocycles. The molecule has 6 heteroatoms. The molecule has 56 heavy (non-hydrogen) atoms. The lowest BCUT2D eigenvalue weighted by atomic mass is 10.1. The molecule has 0 aliphatic carbocycles. The minimum absolute atomic E-state index is 0.688. The minimum Gasteiger partial charge on any atom is -0.456 e. The summed E-state index contributed by atoms with van der Waals surface area (Å²) >= 11 is 0. The van der Waals surface area contributed by atoms with Crippen molar-refractivity contribution in [2.75, 3.05) is 0 Å². The third-order valence-electron chi connectivity index (χ3n) is 11.1. The molecular formula is C50H31N5O. The molecule has 12 aromatic rings. The van der Waals surface area contributed by atoms with Gasteiger partial charge < -0.3 is 13.6 Å². The Hall–Kier alpha value is -7.70. The Morgan fingerprint density at radius 2 is 0.964 bits per heavy atom. The smallest absolute Gasteiger partial charge is 0.182 e.